The maximum atomic E-state index is 8.73. The van der Waals surface area contributed by atoms with E-state index in [9.17, 15) is 0 Å². The third-order valence-electron chi connectivity index (χ3n) is 0.803. The van der Waals surface area contributed by atoms with Crippen molar-refractivity contribution in [2.75, 3.05) is 0 Å². The molecule has 0 bridgehead atoms. The Morgan fingerprint density at radius 3 is 2.62 bits per heavy atom. The van der Waals surface area contributed by atoms with E-state index in [-0.39, 0.29) is 0 Å². The van der Waals surface area contributed by atoms with Crippen LogP contribution in [0.5, 0.6) is 0 Å². The first-order valence-corrected chi connectivity index (χ1v) is 2.58. The van der Waals surface area contributed by atoms with Crippen molar-refractivity contribution < 1.29 is 5.21 Å². The van der Waals surface area contributed by atoms with Gasteiger partial charge >= 0.3 is 0 Å². The van der Waals surface area contributed by atoms with E-state index >= 15 is 0 Å². The molecule has 0 aromatic carbocycles. The van der Waals surface area contributed by atoms with E-state index < -0.39 is 0 Å². The molecule has 0 aliphatic carbocycles. The number of hydrogen-bond donors (Lipinski definition) is 1. The zero-order valence-corrected chi connectivity index (χ0v) is 4.93. The second-order valence-electron chi connectivity index (χ2n) is 1.38. The highest BCUT2D eigenvalue weighted by molar-refractivity contribution is 7.71. The van der Waals surface area contributed by atoms with Gasteiger partial charge in [-0.05, 0) is 12.1 Å². The van der Waals surface area contributed by atoms with Gasteiger partial charge in [-0.3, -0.25) is 0 Å². The molecule has 0 aliphatic heterocycles. The Morgan fingerprint density at radius 2 is 2.25 bits per heavy atom. The van der Waals surface area contributed by atoms with Gasteiger partial charge in [0.2, 0.25) is 0 Å². The first-order chi connectivity index (χ1) is 3.80. The Bertz CT molecular complexity index is 230. The molecule has 0 amide bonds. The summed E-state index contributed by atoms with van der Waals surface area (Å²) in [6.45, 7) is 0. The van der Waals surface area contributed by atoms with E-state index in [4.69, 9.17) is 5.21 Å². The topological polar surface area (TPSA) is 25.2 Å². The summed E-state index contributed by atoms with van der Waals surface area (Å²) in [6.07, 6.45) is 1.49. The second-order valence-corrected chi connectivity index (χ2v) is 1.80. The molecule has 42 valence electrons. The van der Waals surface area contributed by atoms with E-state index in [0.717, 1.165) is 4.73 Å². The molecule has 3 heteroatoms. The summed E-state index contributed by atoms with van der Waals surface area (Å²) in [5.74, 6) is 0. The van der Waals surface area contributed by atoms with Crippen LogP contribution in [0.2, 0.25) is 0 Å². The Morgan fingerprint density at radius 1 is 1.50 bits per heavy atom. The Kier molecular flexibility index (Phi) is 1.30. The molecule has 0 unspecified atom stereocenters. The monoisotopic (exact) mass is 129 g/mol. The van der Waals surface area contributed by atoms with Gasteiger partial charge in [-0.25, -0.2) is 0 Å². The van der Waals surface area contributed by atoms with Crippen LogP contribution in [-0.4, -0.2) is 9.94 Å². The van der Waals surface area contributed by atoms with Crippen LogP contribution in [0, 0.1) is 4.64 Å². The molecule has 0 spiro atoms. The molecule has 0 fully saturated rings. The Labute approximate surface area is 52.0 Å². The number of pyridine rings is 1. The van der Waals surface area contributed by atoms with Gasteiger partial charge in [-0.15, -0.1) is 0 Å². The minimum absolute atomic E-state index is 0.424. The number of rotatable bonds is 0. The van der Waals surface area contributed by atoms with Gasteiger partial charge < -0.3 is 5.21 Å². The lowest BCUT2D eigenvalue weighted by Crippen LogP contribution is -1.89. The van der Waals surface area contributed by atoms with Crippen LogP contribution in [0.15, 0.2) is 24.4 Å². The lowest BCUT2D eigenvalue weighted by molar-refractivity contribution is 0.180. The fourth-order valence-electron chi connectivity index (χ4n) is 0.419. The van der Waals surface area contributed by atoms with Crippen molar-refractivity contribution in [3.8, 4) is 0 Å². The lowest BCUT2D eigenvalue weighted by atomic mass is 10.5. The summed E-state index contributed by atoms with van der Waals surface area (Å²) < 4.78 is 1.32. The number of nitrogens with zero attached hydrogens (tertiary/aromatic N) is 1. The highest BCUT2D eigenvalue weighted by Crippen LogP contribution is 1.86. The van der Waals surface area contributed by atoms with Crippen molar-refractivity contribution in [1.29, 1.82) is 0 Å². The molecule has 2 nitrogen and oxygen atoms in total. The van der Waals surface area contributed by atoms with E-state index in [0.29, 0.717) is 4.64 Å². The van der Waals surface area contributed by atoms with E-state index in [1.165, 1.54) is 6.20 Å². The average molecular weight is 129 g/mol. The van der Waals surface area contributed by atoms with Crippen LogP contribution in [0.1, 0.15) is 0 Å². The van der Waals surface area contributed by atoms with Gasteiger partial charge in [0.25, 0.3) is 0 Å². The van der Waals surface area contributed by atoms with Crippen molar-refractivity contribution in [3.63, 3.8) is 0 Å². The van der Waals surface area contributed by atoms with Gasteiger partial charge in [-0.2, -0.15) is 4.73 Å². The summed E-state index contributed by atoms with van der Waals surface area (Å²) in [7, 11) is 0. The van der Waals surface area contributed by atoms with Crippen molar-refractivity contribution in [1.82, 2.24) is 4.73 Å². The molecule has 1 heterocycles. The predicted octanol–water partition coefficient (Wildman–Crippen LogP) is 1.45. The molecule has 0 saturated heterocycles. The fourth-order valence-corrected chi connectivity index (χ4v) is 0.558. The minimum atomic E-state index is 0.424. The largest absolute Gasteiger partial charge is 0.428 e. The highest BCUT2D eigenvalue weighted by Gasteiger charge is 1.77. The molecule has 1 N–H and O–H groups in total. The molecule has 0 radical (unpaired) electrons. The van der Waals surface area contributed by atoms with Crippen molar-refractivity contribution >= 4 is 12.2 Å². The zero-order chi connectivity index (χ0) is 5.98. The van der Waals surface area contributed by atoms with E-state index in [1.807, 2.05) is 0 Å². The van der Waals surface area contributed by atoms with Gasteiger partial charge in [-0.1, -0.05) is 18.3 Å². The SMILES string of the molecule is O[14n]1ccccc1=[34S]. The standard InChI is InChI=1S/C5H5NOS/c7-6-4-2-1-3-5(6)8/h1-4,7H/i6+0,8+2. The van der Waals surface area contributed by atoms with E-state index in [2.05, 4.69) is 12.2 Å². The lowest BCUT2D eigenvalue weighted by Gasteiger charge is -1.90. The van der Waals surface area contributed by atoms with Gasteiger partial charge in [0.15, 0.2) is 0 Å². The predicted molar refractivity (Wildman–Crippen MR) is 32.5 cm³/mol. The normalized spacial score (nSPS) is 9.00. The third kappa shape index (κ3) is 0.869. The minimum Gasteiger partial charge on any atom is -0.428 e. The summed E-state index contributed by atoms with van der Waals surface area (Å²) in [5.41, 5.74) is 0. The molecule has 1 aromatic rings. The molecular formula is C5H5NOS. The Hall–Kier alpha value is -0.830. The maximum absolute atomic E-state index is 8.73. The van der Waals surface area contributed by atoms with Crippen LogP contribution >= 0.6 is 12.2 Å². The first-order valence-electron chi connectivity index (χ1n) is 2.17. The quantitative estimate of drug-likeness (QED) is 0.326. The molecule has 0 aliphatic rings. The number of hydrogen-bond acceptors (Lipinski definition) is 2. The highest BCUT2D eigenvalue weighted by atomic mass is 34.0. The second kappa shape index (κ2) is 1.96. The van der Waals surface area contributed by atoms with Crippen molar-refractivity contribution in [3.05, 3.63) is 29.0 Å². The summed E-state index contributed by atoms with van der Waals surface area (Å²) in [5, 5.41) is 8.73. The zero-order valence-electron chi connectivity index (χ0n) is 4.11. The van der Waals surface area contributed by atoms with Crippen LogP contribution in [0.3, 0.4) is 0 Å². The molecular weight excluding hydrogens is 124 g/mol. The van der Waals surface area contributed by atoms with Crippen LogP contribution in [0.4, 0.5) is 0 Å². The summed E-state index contributed by atoms with van der Waals surface area (Å²) >= 11 is 4.67. The Balaban J connectivity index is 3.35. The van der Waals surface area contributed by atoms with Crippen molar-refractivity contribution in [2.24, 2.45) is 0 Å². The molecule has 1 rings (SSSR count). The fraction of sp³-hybridized carbons (Fsp3) is 0. The smallest absolute Gasteiger partial charge is 0.142 e. The van der Waals surface area contributed by atoms with Crippen LogP contribution in [0.25, 0.3) is 0 Å². The van der Waals surface area contributed by atoms with Crippen LogP contribution < -0.4 is 0 Å². The molecule has 0 atom stereocenters. The molecule has 0 saturated carbocycles. The summed E-state index contributed by atoms with van der Waals surface area (Å²) in [4.78, 5) is 0. The molecule has 8 heavy (non-hydrogen) atoms. The maximum Gasteiger partial charge on any atom is 0.142 e. The third-order valence-corrected chi connectivity index (χ3v) is 1.13. The number of aromatic nitrogens is 1. The average Bonchev–Trinajstić information content (AvgIpc) is 1.77. The van der Waals surface area contributed by atoms with Crippen LogP contribution in [-0.2, 0) is 0 Å². The van der Waals surface area contributed by atoms with Gasteiger partial charge in [0, 0.05) is 6.20 Å². The van der Waals surface area contributed by atoms with Crippen molar-refractivity contribution in [2.45, 2.75) is 0 Å². The first kappa shape index (κ1) is 5.31. The van der Waals surface area contributed by atoms with E-state index in [1.54, 1.807) is 18.2 Å². The summed E-state index contributed by atoms with van der Waals surface area (Å²) in [6, 6.07) is 5.13. The van der Waals surface area contributed by atoms with Gasteiger partial charge in [0.1, 0.15) is 4.64 Å². The van der Waals surface area contributed by atoms with Gasteiger partial charge in [0.05, 0.1) is 0 Å². The molecule has 1 aromatic heterocycles.